The standard InChI is InChI=1S/C24H23N3O2S/c1-16-7-9-19(10-8-16)24-26-23(29-27-24)15-30-14-22(28)25-17(2)20-12-11-18-5-3-4-6-21(18)13-20/h3-13,17H,14-15H2,1-2H3,(H,25,28). The molecule has 4 aromatic rings. The Labute approximate surface area is 179 Å². The number of nitrogens with one attached hydrogen (secondary N) is 1. The Morgan fingerprint density at radius 3 is 2.63 bits per heavy atom. The molecule has 0 saturated heterocycles. The number of carbonyl (C=O) groups is 1. The average molecular weight is 418 g/mol. The van der Waals surface area contributed by atoms with Gasteiger partial charge in [0.15, 0.2) is 0 Å². The number of carbonyl (C=O) groups excluding carboxylic acids is 1. The molecule has 1 amide bonds. The predicted molar refractivity (Wildman–Crippen MR) is 121 cm³/mol. The zero-order chi connectivity index (χ0) is 20.9. The van der Waals surface area contributed by atoms with Crippen LogP contribution in [0, 0.1) is 6.92 Å². The summed E-state index contributed by atoms with van der Waals surface area (Å²) in [5.41, 5.74) is 3.19. The molecule has 0 fully saturated rings. The summed E-state index contributed by atoms with van der Waals surface area (Å²) in [6.07, 6.45) is 0. The topological polar surface area (TPSA) is 68.0 Å². The van der Waals surface area contributed by atoms with Crippen molar-refractivity contribution < 1.29 is 9.32 Å². The first-order valence-corrected chi connectivity index (χ1v) is 11.0. The summed E-state index contributed by atoms with van der Waals surface area (Å²) in [5, 5.41) is 9.45. The Bertz CT molecular complexity index is 1150. The van der Waals surface area contributed by atoms with E-state index in [1.165, 1.54) is 28.1 Å². The molecule has 0 aliphatic carbocycles. The van der Waals surface area contributed by atoms with Crippen LogP contribution in [0.25, 0.3) is 22.2 Å². The number of benzene rings is 3. The van der Waals surface area contributed by atoms with Gasteiger partial charge in [-0.2, -0.15) is 4.98 Å². The SMILES string of the molecule is Cc1ccc(-c2noc(CSCC(=O)NC(C)c3ccc4ccccc4c3)n2)cc1. The summed E-state index contributed by atoms with van der Waals surface area (Å²) < 4.78 is 5.31. The van der Waals surface area contributed by atoms with Gasteiger partial charge >= 0.3 is 0 Å². The smallest absolute Gasteiger partial charge is 0.236 e. The fourth-order valence-corrected chi connectivity index (χ4v) is 3.87. The minimum absolute atomic E-state index is 0.0149. The lowest BCUT2D eigenvalue weighted by Gasteiger charge is -2.15. The minimum Gasteiger partial charge on any atom is -0.349 e. The third-order valence-electron chi connectivity index (χ3n) is 4.89. The summed E-state index contributed by atoms with van der Waals surface area (Å²) in [6.45, 7) is 4.03. The van der Waals surface area contributed by atoms with E-state index in [4.69, 9.17) is 4.52 Å². The van der Waals surface area contributed by atoms with Crippen LogP contribution in [0.3, 0.4) is 0 Å². The highest BCUT2D eigenvalue weighted by Gasteiger charge is 2.12. The fraction of sp³-hybridized carbons (Fsp3) is 0.208. The molecular weight excluding hydrogens is 394 g/mol. The van der Waals surface area contributed by atoms with Gasteiger partial charge in [-0.15, -0.1) is 11.8 Å². The minimum atomic E-state index is -0.0562. The van der Waals surface area contributed by atoms with Crippen LogP contribution in [0.15, 0.2) is 71.3 Å². The Morgan fingerprint density at radius 1 is 1.07 bits per heavy atom. The lowest BCUT2D eigenvalue weighted by molar-refractivity contribution is -0.119. The zero-order valence-electron chi connectivity index (χ0n) is 17.0. The number of amides is 1. The van der Waals surface area contributed by atoms with Crippen LogP contribution >= 0.6 is 11.8 Å². The highest BCUT2D eigenvalue weighted by Crippen LogP contribution is 2.21. The first-order chi connectivity index (χ1) is 14.6. The molecule has 30 heavy (non-hydrogen) atoms. The molecule has 0 radical (unpaired) electrons. The number of nitrogens with zero attached hydrogens (tertiary/aromatic N) is 2. The maximum absolute atomic E-state index is 12.3. The van der Waals surface area contributed by atoms with Gasteiger partial charge in [-0.3, -0.25) is 4.79 Å². The van der Waals surface area contributed by atoms with Crippen LogP contribution in [0.4, 0.5) is 0 Å². The van der Waals surface area contributed by atoms with E-state index in [0.29, 0.717) is 23.2 Å². The lowest BCUT2D eigenvalue weighted by atomic mass is 10.0. The Morgan fingerprint density at radius 2 is 1.83 bits per heavy atom. The second kappa shape index (κ2) is 9.13. The van der Waals surface area contributed by atoms with E-state index in [2.05, 4.69) is 45.8 Å². The Kier molecular flexibility index (Phi) is 6.14. The molecule has 0 bridgehead atoms. The second-order valence-electron chi connectivity index (χ2n) is 7.27. The van der Waals surface area contributed by atoms with Crippen molar-refractivity contribution in [1.29, 1.82) is 0 Å². The van der Waals surface area contributed by atoms with Gasteiger partial charge in [0.2, 0.25) is 17.6 Å². The number of hydrogen-bond acceptors (Lipinski definition) is 5. The summed E-state index contributed by atoms with van der Waals surface area (Å²) >= 11 is 1.46. The lowest BCUT2D eigenvalue weighted by Crippen LogP contribution is -2.28. The van der Waals surface area contributed by atoms with E-state index in [-0.39, 0.29) is 11.9 Å². The van der Waals surface area contributed by atoms with Gasteiger partial charge in [-0.05, 0) is 36.2 Å². The van der Waals surface area contributed by atoms with Gasteiger partial charge in [0.25, 0.3) is 0 Å². The van der Waals surface area contributed by atoms with Crippen LogP contribution < -0.4 is 5.32 Å². The number of aryl methyl sites for hydroxylation is 1. The van der Waals surface area contributed by atoms with Crippen molar-refractivity contribution in [3.8, 4) is 11.4 Å². The van der Waals surface area contributed by atoms with Gasteiger partial charge in [0.05, 0.1) is 17.5 Å². The summed E-state index contributed by atoms with van der Waals surface area (Å²) in [7, 11) is 0. The van der Waals surface area contributed by atoms with Crippen molar-refractivity contribution >= 4 is 28.4 Å². The highest BCUT2D eigenvalue weighted by atomic mass is 32.2. The monoisotopic (exact) mass is 417 g/mol. The molecule has 152 valence electrons. The van der Waals surface area contributed by atoms with Crippen molar-refractivity contribution in [2.75, 3.05) is 5.75 Å². The molecule has 4 rings (SSSR count). The largest absolute Gasteiger partial charge is 0.349 e. The molecule has 1 heterocycles. The third kappa shape index (κ3) is 4.89. The van der Waals surface area contributed by atoms with Gasteiger partial charge in [-0.25, -0.2) is 0 Å². The van der Waals surface area contributed by atoms with E-state index in [0.717, 1.165) is 11.1 Å². The summed E-state index contributed by atoms with van der Waals surface area (Å²) in [5.74, 6) is 1.90. The van der Waals surface area contributed by atoms with Gasteiger partial charge < -0.3 is 9.84 Å². The maximum atomic E-state index is 12.3. The number of thioether (sulfide) groups is 1. The van der Waals surface area contributed by atoms with Crippen molar-refractivity contribution in [3.05, 3.63) is 83.7 Å². The van der Waals surface area contributed by atoms with E-state index in [1.807, 2.05) is 50.2 Å². The van der Waals surface area contributed by atoms with Gasteiger partial charge in [0.1, 0.15) is 0 Å². The van der Waals surface area contributed by atoms with E-state index in [1.54, 1.807) is 0 Å². The molecule has 0 aliphatic heterocycles. The first kappa shape index (κ1) is 20.2. The van der Waals surface area contributed by atoms with Crippen molar-refractivity contribution in [2.45, 2.75) is 25.6 Å². The number of aromatic nitrogens is 2. The number of hydrogen-bond donors (Lipinski definition) is 1. The summed E-state index contributed by atoms with van der Waals surface area (Å²) in [4.78, 5) is 16.8. The third-order valence-corrected chi connectivity index (χ3v) is 5.80. The molecule has 3 aromatic carbocycles. The van der Waals surface area contributed by atoms with Crippen LogP contribution in [0.5, 0.6) is 0 Å². The molecule has 0 spiro atoms. The number of fused-ring (bicyclic) bond motifs is 1. The van der Waals surface area contributed by atoms with Crippen LogP contribution in [0.1, 0.15) is 30.0 Å². The average Bonchev–Trinajstić information content (AvgIpc) is 3.22. The second-order valence-corrected chi connectivity index (χ2v) is 8.25. The summed E-state index contributed by atoms with van der Waals surface area (Å²) in [6, 6.07) is 22.4. The molecule has 5 nitrogen and oxygen atoms in total. The molecule has 1 atom stereocenters. The predicted octanol–water partition coefficient (Wildman–Crippen LogP) is 5.31. The molecule has 1 aromatic heterocycles. The number of rotatable bonds is 7. The molecule has 6 heteroatoms. The van der Waals surface area contributed by atoms with Gasteiger partial charge in [-0.1, -0.05) is 71.4 Å². The maximum Gasteiger partial charge on any atom is 0.236 e. The molecular formula is C24H23N3O2S. The molecule has 1 unspecified atom stereocenters. The first-order valence-electron chi connectivity index (χ1n) is 9.84. The molecule has 0 saturated carbocycles. The Balaban J connectivity index is 1.28. The van der Waals surface area contributed by atoms with Crippen molar-refractivity contribution in [2.24, 2.45) is 0 Å². The normalized spacial score (nSPS) is 12.1. The van der Waals surface area contributed by atoms with Gasteiger partial charge in [0, 0.05) is 5.56 Å². The van der Waals surface area contributed by atoms with Crippen LogP contribution in [0.2, 0.25) is 0 Å². The zero-order valence-corrected chi connectivity index (χ0v) is 17.8. The Hall–Kier alpha value is -3.12. The molecule has 1 N–H and O–H groups in total. The van der Waals surface area contributed by atoms with Crippen molar-refractivity contribution in [1.82, 2.24) is 15.5 Å². The fourth-order valence-electron chi connectivity index (χ4n) is 3.21. The van der Waals surface area contributed by atoms with Crippen LogP contribution in [-0.4, -0.2) is 21.8 Å². The van der Waals surface area contributed by atoms with Crippen LogP contribution in [-0.2, 0) is 10.5 Å². The quantitative estimate of drug-likeness (QED) is 0.441. The van der Waals surface area contributed by atoms with E-state index in [9.17, 15) is 4.79 Å². The van der Waals surface area contributed by atoms with Crippen molar-refractivity contribution in [3.63, 3.8) is 0 Å². The van der Waals surface area contributed by atoms with E-state index >= 15 is 0 Å². The van der Waals surface area contributed by atoms with E-state index < -0.39 is 0 Å². The molecule has 0 aliphatic rings. The highest BCUT2D eigenvalue weighted by molar-refractivity contribution is 7.99.